The zero-order chi connectivity index (χ0) is 16.9. The molecule has 0 aliphatic heterocycles. The van der Waals surface area contributed by atoms with Gasteiger partial charge in [-0.15, -0.1) is 0 Å². The fourth-order valence-electron chi connectivity index (χ4n) is 2.37. The summed E-state index contributed by atoms with van der Waals surface area (Å²) < 4.78 is 0. The van der Waals surface area contributed by atoms with Gasteiger partial charge < -0.3 is 10.4 Å². The van der Waals surface area contributed by atoms with E-state index < -0.39 is 0 Å². The molecular formula is C19H17N3OS. The zero-order valence-corrected chi connectivity index (χ0v) is 14.0. The number of aryl methyl sites for hydroxylation is 1. The van der Waals surface area contributed by atoms with Gasteiger partial charge in [0.2, 0.25) is 0 Å². The largest absolute Gasteiger partial charge is 0.507 e. The monoisotopic (exact) mass is 335 g/mol. The van der Waals surface area contributed by atoms with Crippen LogP contribution in [0.25, 0.3) is 10.8 Å². The predicted octanol–water partition coefficient (Wildman–Crippen LogP) is 4.17. The number of phenolic OH excluding ortho intramolecular Hbond substituents is 1. The summed E-state index contributed by atoms with van der Waals surface area (Å²) in [6.07, 6.45) is 1.57. The van der Waals surface area contributed by atoms with Crippen LogP contribution in [0.15, 0.2) is 65.8 Å². The van der Waals surface area contributed by atoms with Crippen molar-refractivity contribution in [3.05, 3.63) is 71.8 Å². The van der Waals surface area contributed by atoms with Gasteiger partial charge in [-0.25, -0.2) is 0 Å². The van der Waals surface area contributed by atoms with Crippen LogP contribution in [-0.2, 0) is 0 Å². The number of anilines is 1. The Bertz CT molecular complexity index is 904. The van der Waals surface area contributed by atoms with Crippen LogP contribution in [0.4, 0.5) is 5.69 Å². The molecule has 0 heterocycles. The molecule has 0 amide bonds. The van der Waals surface area contributed by atoms with Gasteiger partial charge in [0.15, 0.2) is 5.11 Å². The van der Waals surface area contributed by atoms with Crippen molar-refractivity contribution < 1.29 is 5.11 Å². The molecule has 24 heavy (non-hydrogen) atoms. The van der Waals surface area contributed by atoms with E-state index in [2.05, 4.69) is 15.8 Å². The summed E-state index contributed by atoms with van der Waals surface area (Å²) in [5, 5.41) is 19.6. The Morgan fingerprint density at radius 3 is 2.58 bits per heavy atom. The lowest BCUT2D eigenvalue weighted by Gasteiger charge is -2.08. The highest BCUT2D eigenvalue weighted by Crippen LogP contribution is 2.25. The number of nitrogens with one attached hydrogen (secondary N) is 2. The van der Waals surface area contributed by atoms with Crippen molar-refractivity contribution in [2.45, 2.75) is 6.92 Å². The van der Waals surface area contributed by atoms with Gasteiger partial charge in [0.1, 0.15) is 5.75 Å². The third kappa shape index (κ3) is 3.70. The van der Waals surface area contributed by atoms with E-state index in [-0.39, 0.29) is 5.75 Å². The maximum absolute atomic E-state index is 10.1. The number of benzene rings is 3. The fourth-order valence-corrected chi connectivity index (χ4v) is 2.54. The van der Waals surface area contributed by atoms with Crippen LogP contribution in [0.2, 0.25) is 0 Å². The maximum Gasteiger partial charge on any atom is 0.191 e. The van der Waals surface area contributed by atoms with Gasteiger partial charge in [0.05, 0.1) is 6.21 Å². The summed E-state index contributed by atoms with van der Waals surface area (Å²) in [4.78, 5) is 0. The van der Waals surface area contributed by atoms with Gasteiger partial charge in [-0.2, -0.15) is 5.10 Å². The number of rotatable bonds is 3. The number of nitrogens with zero attached hydrogens (tertiary/aromatic N) is 1. The molecule has 0 fully saturated rings. The van der Waals surface area contributed by atoms with E-state index in [1.807, 2.05) is 61.5 Å². The van der Waals surface area contributed by atoms with Crippen molar-refractivity contribution in [3.63, 3.8) is 0 Å². The Morgan fingerprint density at radius 2 is 1.79 bits per heavy atom. The molecule has 3 aromatic carbocycles. The second kappa shape index (κ2) is 7.10. The van der Waals surface area contributed by atoms with Gasteiger partial charge >= 0.3 is 0 Å². The molecule has 5 heteroatoms. The normalized spacial score (nSPS) is 10.9. The highest BCUT2D eigenvalue weighted by Gasteiger charge is 2.04. The minimum absolute atomic E-state index is 0.177. The first-order chi connectivity index (χ1) is 11.6. The standard InChI is InChI=1S/C19H17N3OS/c1-13-6-9-15(10-7-13)21-19(24)22-20-12-17-16-5-3-2-4-14(16)8-11-18(17)23/h2-12,23H,1H3,(H2,21,22,24)/b20-12+. The Hall–Kier alpha value is -2.92. The van der Waals surface area contributed by atoms with Gasteiger partial charge in [-0.3, -0.25) is 5.43 Å². The molecule has 3 N–H and O–H groups in total. The fraction of sp³-hybridized carbons (Fsp3) is 0.0526. The minimum atomic E-state index is 0.177. The summed E-state index contributed by atoms with van der Waals surface area (Å²) >= 11 is 5.21. The van der Waals surface area contributed by atoms with Crippen molar-refractivity contribution in [2.24, 2.45) is 5.10 Å². The van der Waals surface area contributed by atoms with E-state index in [0.717, 1.165) is 16.5 Å². The molecule has 0 radical (unpaired) electrons. The molecule has 3 aromatic rings. The molecule has 120 valence electrons. The first kappa shape index (κ1) is 16.0. The Morgan fingerprint density at radius 1 is 1.04 bits per heavy atom. The van der Waals surface area contributed by atoms with E-state index >= 15 is 0 Å². The van der Waals surface area contributed by atoms with Gasteiger partial charge in [0, 0.05) is 11.3 Å². The number of fused-ring (bicyclic) bond motifs is 1. The smallest absolute Gasteiger partial charge is 0.191 e. The Labute approximate surface area is 145 Å². The van der Waals surface area contributed by atoms with Crippen LogP contribution in [0.1, 0.15) is 11.1 Å². The second-order valence-electron chi connectivity index (χ2n) is 5.41. The molecule has 0 spiro atoms. The summed E-state index contributed by atoms with van der Waals surface area (Å²) in [5.41, 5.74) is 5.49. The predicted molar refractivity (Wildman–Crippen MR) is 104 cm³/mol. The molecule has 0 saturated heterocycles. The summed E-state index contributed by atoms with van der Waals surface area (Å²) in [5.74, 6) is 0.177. The number of phenols is 1. The average molecular weight is 335 g/mol. The van der Waals surface area contributed by atoms with Crippen LogP contribution in [0, 0.1) is 6.92 Å². The molecule has 0 aliphatic carbocycles. The van der Waals surface area contributed by atoms with E-state index in [4.69, 9.17) is 12.2 Å². The first-order valence-corrected chi connectivity index (χ1v) is 7.92. The van der Waals surface area contributed by atoms with Gasteiger partial charge in [-0.1, -0.05) is 48.0 Å². The van der Waals surface area contributed by atoms with E-state index in [9.17, 15) is 5.11 Å². The molecule has 4 nitrogen and oxygen atoms in total. The molecule has 0 aliphatic rings. The molecule has 0 atom stereocenters. The number of hydrogen-bond donors (Lipinski definition) is 3. The zero-order valence-electron chi connectivity index (χ0n) is 13.2. The van der Waals surface area contributed by atoms with Crippen molar-refractivity contribution in [2.75, 3.05) is 5.32 Å². The highest BCUT2D eigenvalue weighted by molar-refractivity contribution is 7.80. The number of hydrogen-bond acceptors (Lipinski definition) is 3. The van der Waals surface area contributed by atoms with Crippen molar-refractivity contribution in [3.8, 4) is 5.75 Å². The van der Waals surface area contributed by atoms with Crippen LogP contribution in [0.5, 0.6) is 5.75 Å². The molecule has 0 saturated carbocycles. The summed E-state index contributed by atoms with van der Waals surface area (Å²) in [7, 11) is 0. The highest BCUT2D eigenvalue weighted by atomic mass is 32.1. The van der Waals surface area contributed by atoms with Crippen LogP contribution >= 0.6 is 12.2 Å². The van der Waals surface area contributed by atoms with Crippen molar-refractivity contribution >= 4 is 40.0 Å². The lowest BCUT2D eigenvalue weighted by molar-refractivity contribution is 0.475. The summed E-state index contributed by atoms with van der Waals surface area (Å²) in [6, 6.07) is 19.3. The lowest BCUT2D eigenvalue weighted by Crippen LogP contribution is -2.23. The number of aromatic hydroxyl groups is 1. The third-order valence-electron chi connectivity index (χ3n) is 3.62. The SMILES string of the molecule is Cc1ccc(NC(=S)N/N=C/c2c(O)ccc3ccccc23)cc1. The van der Waals surface area contributed by atoms with Crippen molar-refractivity contribution in [1.82, 2.24) is 5.43 Å². The van der Waals surface area contributed by atoms with E-state index in [1.165, 1.54) is 5.56 Å². The molecule has 0 bridgehead atoms. The lowest BCUT2D eigenvalue weighted by atomic mass is 10.0. The Balaban J connectivity index is 1.71. The maximum atomic E-state index is 10.1. The van der Waals surface area contributed by atoms with Crippen molar-refractivity contribution in [1.29, 1.82) is 0 Å². The third-order valence-corrected chi connectivity index (χ3v) is 3.81. The minimum Gasteiger partial charge on any atom is -0.507 e. The average Bonchev–Trinajstić information content (AvgIpc) is 2.59. The quantitative estimate of drug-likeness (QED) is 0.382. The Kier molecular flexibility index (Phi) is 4.72. The molecular weight excluding hydrogens is 318 g/mol. The molecule has 3 rings (SSSR count). The summed E-state index contributed by atoms with van der Waals surface area (Å²) in [6.45, 7) is 2.03. The molecule has 0 aromatic heterocycles. The van der Waals surface area contributed by atoms with Gasteiger partial charge in [0.25, 0.3) is 0 Å². The van der Waals surface area contributed by atoms with Crippen LogP contribution in [0.3, 0.4) is 0 Å². The molecule has 0 unspecified atom stereocenters. The van der Waals surface area contributed by atoms with Gasteiger partial charge in [-0.05, 0) is 48.1 Å². The topological polar surface area (TPSA) is 56.7 Å². The first-order valence-electron chi connectivity index (χ1n) is 7.51. The van der Waals surface area contributed by atoms with Crippen LogP contribution < -0.4 is 10.7 Å². The van der Waals surface area contributed by atoms with E-state index in [0.29, 0.717) is 10.7 Å². The number of thiocarbonyl (C=S) groups is 1. The van der Waals surface area contributed by atoms with Crippen LogP contribution in [-0.4, -0.2) is 16.4 Å². The van der Waals surface area contributed by atoms with E-state index in [1.54, 1.807) is 12.3 Å². The second-order valence-corrected chi connectivity index (χ2v) is 5.82. The number of hydrazone groups is 1.